The number of hydrogen-bond donors (Lipinski definition) is 1. The summed E-state index contributed by atoms with van der Waals surface area (Å²) in [7, 11) is 0. The second-order valence-electron chi connectivity index (χ2n) is 6.94. The predicted octanol–water partition coefficient (Wildman–Crippen LogP) is 2.35. The van der Waals surface area contributed by atoms with E-state index in [4.69, 9.17) is 14.9 Å². The summed E-state index contributed by atoms with van der Waals surface area (Å²) >= 11 is 0. The van der Waals surface area contributed by atoms with E-state index in [0.29, 0.717) is 18.4 Å². The first-order chi connectivity index (χ1) is 10.8. The van der Waals surface area contributed by atoms with Gasteiger partial charge in [0.1, 0.15) is 5.60 Å². The van der Waals surface area contributed by atoms with Crippen LogP contribution in [0.15, 0.2) is 4.42 Å². The van der Waals surface area contributed by atoms with Crippen LogP contribution in [-0.4, -0.2) is 34.8 Å². The Bertz CT molecular complexity index is 573. The molecule has 0 spiro atoms. The van der Waals surface area contributed by atoms with E-state index in [-0.39, 0.29) is 24.3 Å². The Balaban J connectivity index is 1.41. The van der Waals surface area contributed by atoms with Gasteiger partial charge in [0.2, 0.25) is 11.8 Å². The lowest BCUT2D eigenvalue weighted by atomic mass is 9.71. The van der Waals surface area contributed by atoms with Gasteiger partial charge < -0.3 is 14.9 Å². The second-order valence-corrected chi connectivity index (χ2v) is 6.94. The van der Waals surface area contributed by atoms with Gasteiger partial charge in [-0.05, 0) is 38.5 Å². The van der Waals surface area contributed by atoms with Gasteiger partial charge in [-0.15, -0.1) is 23.4 Å². The molecule has 0 atom stereocenters. The zero-order valence-corrected chi connectivity index (χ0v) is 12.4. The molecule has 0 radical (unpaired) electrons. The van der Waals surface area contributed by atoms with Crippen LogP contribution in [0.1, 0.15) is 56.2 Å². The second kappa shape index (κ2) is 4.90. The minimum absolute atomic E-state index is 0.180. The first-order valence-corrected chi connectivity index (χ1v) is 7.78. The van der Waals surface area contributed by atoms with Gasteiger partial charge in [0, 0.05) is 11.5 Å². The SMILES string of the molecule is N[C@]12CC[C@@](c3nnc(C4CC(OC(F)(F)F)C4)o3)(CC1)OC2. The summed E-state index contributed by atoms with van der Waals surface area (Å²) in [6.07, 6.45) is -1.80. The number of halogens is 3. The molecule has 9 heteroatoms. The lowest BCUT2D eigenvalue weighted by Gasteiger charge is -2.49. The van der Waals surface area contributed by atoms with Crippen molar-refractivity contribution in [2.24, 2.45) is 5.73 Å². The molecular weight excluding hydrogens is 315 g/mol. The van der Waals surface area contributed by atoms with E-state index in [1.165, 1.54) is 0 Å². The summed E-state index contributed by atoms with van der Waals surface area (Å²) in [6.45, 7) is 0.468. The zero-order chi connectivity index (χ0) is 16.3. The fourth-order valence-electron chi connectivity index (χ4n) is 3.63. The Morgan fingerprint density at radius 2 is 1.83 bits per heavy atom. The molecule has 2 bridgehead atoms. The van der Waals surface area contributed by atoms with Crippen molar-refractivity contribution < 1.29 is 27.1 Å². The van der Waals surface area contributed by atoms with E-state index >= 15 is 0 Å². The molecule has 0 aromatic carbocycles. The third kappa shape index (κ3) is 2.74. The van der Waals surface area contributed by atoms with Crippen molar-refractivity contribution in [1.29, 1.82) is 0 Å². The van der Waals surface area contributed by atoms with Crippen molar-refractivity contribution in [3.05, 3.63) is 11.8 Å². The van der Waals surface area contributed by atoms with Crippen molar-refractivity contribution in [3.8, 4) is 0 Å². The Labute approximate surface area is 130 Å². The number of alkyl halides is 3. The van der Waals surface area contributed by atoms with Crippen LogP contribution < -0.4 is 5.73 Å². The molecule has 1 aromatic heterocycles. The molecule has 23 heavy (non-hydrogen) atoms. The molecule has 2 N–H and O–H groups in total. The Hall–Kier alpha value is -1.19. The Morgan fingerprint density at radius 3 is 2.39 bits per heavy atom. The fourth-order valence-corrected chi connectivity index (χ4v) is 3.63. The van der Waals surface area contributed by atoms with Gasteiger partial charge in [0.05, 0.1) is 12.7 Å². The summed E-state index contributed by atoms with van der Waals surface area (Å²) in [5.41, 5.74) is 5.36. The van der Waals surface area contributed by atoms with Crippen molar-refractivity contribution >= 4 is 0 Å². The highest BCUT2D eigenvalue weighted by molar-refractivity contribution is 5.11. The molecule has 0 unspecified atom stereocenters. The Kier molecular flexibility index (Phi) is 3.27. The minimum Gasteiger partial charge on any atom is -0.422 e. The standard InChI is InChI=1S/C14H18F3N3O3/c15-14(16,17)23-9-5-8(6-9)10-19-20-11(22-10)13-3-1-12(18,2-4-13)7-21-13/h8-9H,1-7,18H2/t8?,9?,12-,13+. The average molecular weight is 333 g/mol. The molecule has 2 aliphatic carbocycles. The van der Waals surface area contributed by atoms with Crippen LogP contribution in [0.5, 0.6) is 0 Å². The quantitative estimate of drug-likeness (QED) is 0.914. The van der Waals surface area contributed by atoms with Gasteiger partial charge in [-0.3, -0.25) is 4.74 Å². The van der Waals surface area contributed by atoms with Gasteiger partial charge in [-0.1, -0.05) is 0 Å². The van der Waals surface area contributed by atoms with Gasteiger partial charge in [-0.25, -0.2) is 0 Å². The maximum absolute atomic E-state index is 12.1. The van der Waals surface area contributed by atoms with Crippen LogP contribution >= 0.6 is 0 Å². The number of nitrogens with zero attached hydrogens (tertiary/aromatic N) is 2. The number of rotatable bonds is 3. The third-order valence-corrected chi connectivity index (χ3v) is 5.26. The van der Waals surface area contributed by atoms with Gasteiger partial charge in [0.15, 0.2) is 0 Å². The molecule has 2 aliphatic heterocycles. The van der Waals surface area contributed by atoms with E-state index in [1.807, 2.05) is 0 Å². The number of fused-ring (bicyclic) bond motifs is 3. The minimum atomic E-state index is -4.60. The number of nitrogens with two attached hydrogens (primary N) is 1. The number of hydrogen-bond acceptors (Lipinski definition) is 6. The van der Waals surface area contributed by atoms with Crippen LogP contribution in [-0.2, 0) is 15.1 Å². The fraction of sp³-hybridized carbons (Fsp3) is 0.857. The molecule has 1 aromatic rings. The first-order valence-electron chi connectivity index (χ1n) is 7.78. The topological polar surface area (TPSA) is 83.4 Å². The molecule has 2 saturated carbocycles. The van der Waals surface area contributed by atoms with Crippen molar-refractivity contribution in [3.63, 3.8) is 0 Å². The molecule has 6 nitrogen and oxygen atoms in total. The lowest BCUT2D eigenvalue weighted by molar-refractivity contribution is -0.352. The molecule has 3 heterocycles. The monoisotopic (exact) mass is 333 g/mol. The Morgan fingerprint density at radius 1 is 1.13 bits per heavy atom. The van der Waals surface area contributed by atoms with Crippen molar-refractivity contribution in [2.45, 2.75) is 68.0 Å². The van der Waals surface area contributed by atoms with Gasteiger partial charge >= 0.3 is 6.36 Å². The summed E-state index contributed by atoms with van der Waals surface area (Å²) < 4.78 is 52.0. The summed E-state index contributed by atoms with van der Waals surface area (Å²) in [5, 5.41) is 8.09. The van der Waals surface area contributed by atoms with Crippen LogP contribution in [0.2, 0.25) is 0 Å². The maximum Gasteiger partial charge on any atom is 0.522 e. The summed E-state index contributed by atoms with van der Waals surface area (Å²) in [6, 6.07) is 0. The van der Waals surface area contributed by atoms with Crippen molar-refractivity contribution in [1.82, 2.24) is 10.2 Å². The van der Waals surface area contributed by atoms with Crippen LogP contribution in [0, 0.1) is 0 Å². The normalized spacial score (nSPS) is 40.2. The summed E-state index contributed by atoms with van der Waals surface area (Å²) in [5.74, 6) is 0.616. The average Bonchev–Trinajstić information content (AvgIpc) is 2.93. The molecule has 4 aliphatic rings. The summed E-state index contributed by atoms with van der Waals surface area (Å²) in [4.78, 5) is 0. The molecule has 2 saturated heterocycles. The molecule has 0 amide bonds. The highest BCUT2D eigenvalue weighted by Gasteiger charge is 2.52. The number of aromatic nitrogens is 2. The van der Waals surface area contributed by atoms with Crippen molar-refractivity contribution in [2.75, 3.05) is 6.61 Å². The first kappa shape index (κ1) is 15.3. The largest absolute Gasteiger partial charge is 0.522 e. The highest BCUT2D eigenvalue weighted by atomic mass is 19.4. The molecule has 5 rings (SSSR count). The van der Waals surface area contributed by atoms with E-state index in [0.717, 1.165) is 25.7 Å². The third-order valence-electron chi connectivity index (χ3n) is 5.26. The highest BCUT2D eigenvalue weighted by Crippen LogP contribution is 2.49. The van der Waals surface area contributed by atoms with Gasteiger partial charge in [-0.2, -0.15) is 0 Å². The smallest absolute Gasteiger partial charge is 0.422 e. The van der Waals surface area contributed by atoms with E-state index in [9.17, 15) is 13.2 Å². The van der Waals surface area contributed by atoms with E-state index in [2.05, 4.69) is 14.9 Å². The zero-order valence-electron chi connectivity index (χ0n) is 12.4. The molecule has 4 fully saturated rings. The van der Waals surface area contributed by atoms with E-state index in [1.54, 1.807) is 0 Å². The lowest BCUT2D eigenvalue weighted by Crippen LogP contribution is -2.58. The predicted molar refractivity (Wildman–Crippen MR) is 70.2 cm³/mol. The van der Waals surface area contributed by atoms with Crippen LogP contribution in [0.25, 0.3) is 0 Å². The molecular formula is C14H18F3N3O3. The van der Waals surface area contributed by atoms with Crippen LogP contribution in [0.3, 0.4) is 0 Å². The van der Waals surface area contributed by atoms with E-state index < -0.39 is 18.1 Å². The molecule has 128 valence electrons. The van der Waals surface area contributed by atoms with Crippen LogP contribution in [0.4, 0.5) is 13.2 Å². The van der Waals surface area contributed by atoms with Gasteiger partial charge in [0.25, 0.3) is 0 Å². The maximum atomic E-state index is 12.1. The number of ether oxygens (including phenoxy) is 2.